The molecular weight excluding hydrogens is 228 g/mol. The average Bonchev–Trinajstić information content (AvgIpc) is 2.18. The second kappa shape index (κ2) is 4.52. The van der Waals surface area contributed by atoms with Gasteiger partial charge in [-0.1, -0.05) is 18.2 Å². The normalized spacial score (nSPS) is 11.4. The number of hydrogen-bond donors (Lipinski definition) is 1. The molecule has 0 fully saturated rings. The van der Waals surface area contributed by atoms with Crippen LogP contribution < -0.4 is 10.0 Å². The molecule has 1 aromatic rings. The van der Waals surface area contributed by atoms with Gasteiger partial charge in [0.2, 0.25) is 10.0 Å². The Hall–Kier alpha value is -1.56. The maximum Gasteiger partial charge on any atom is 0.333 e. The summed E-state index contributed by atoms with van der Waals surface area (Å²) in [6, 6.07) is 7.04. The Morgan fingerprint density at radius 2 is 1.75 bits per heavy atom. The van der Waals surface area contributed by atoms with Crippen molar-refractivity contribution in [1.29, 1.82) is 0 Å². The first kappa shape index (κ1) is 12.5. The lowest BCUT2D eigenvalue weighted by Gasteiger charge is -2.22. The molecule has 0 aliphatic heterocycles. The fourth-order valence-corrected chi connectivity index (χ4v) is 2.26. The standard InChI is InChI=1S/C10H14N2O3S/c1-8(2)16(14,15)12(10(11)13)9-6-4-3-5-7-9/h3-8H,1-2H3,(H2,11,13). The van der Waals surface area contributed by atoms with Crippen LogP contribution in [0, 0.1) is 0 Å². The predicted molar refractivity (Wildman–Crippen MR) is 62.6 cm³/mol. The van der Waals surface area contributed by atoms with E-state index in [0.717, 1.165) is 0 Å². The van der Waals surface area contributed by atoms with Gasteiger partial charge in [0, 0.05) is 0 Å². The average molecular weight is 242 g/mol. The second-order valence-corrected chi connectivity index (χ2v) is 5.87. The number of rotatable bonds is 3. The molecule has 5 nitrogen and oxygen atoms in total. The highest BCUT2D eigenvalue weighted by atomic mass is 32.2. The summed E-state index contributed by atoms with van der Waals surface area (Å²) >= 11 is 0. The first-order chi connectivity index (χ1) is 7.37. The Morgan fingerprint density at radius 1 is 1.25 bits per heavy atom. The van der Waals surface area contributed by atoms with E-state index in [0.29, 0.717) is 4.31 Å². The minimum atomic E-state index is -3.73. The molecule has 0 radical (unpaired) electrons. The number of benzene rings is 1. The Balaban J connectivity index is 3.28. The summed E-state index contributed by atoms with van der Waals surface area (Å²) < 4.78 is 24.4. The number of hydrogen-bond acceptors (Lipinski definition) is 3. The Kier molecular flexibility index (Phi) is 3.54. The smallest absolute Gasteiger partial charge is 0.333 e. The molecule has 0 spiro atoms. The quantitative estimate of drug-likeness (QED) is 0.867. The molecule has 0 bridgehead atoms. The number of carbonyl (C=O) groups excluding carboxylic acids is 1. The van der Waals surface area contributed by atoms with E-state index < -0.39 is 21.3 Å². The zero-order valence-electron chi connectivity index (χ0n) is 9.12. The van der Waals surface area contributed by atoms with Crippen LogP contribution in [-0.4, -0.2) is 19.7 Å². The van der Waals surface area contributed by atoms with Crippen molar-refractivity contribution in [2.24, 2.45) is 5.73 Å². The van der Waals surface area contributed by atoms with Gasteiger partial charge in [0.25, 0.3) is 0 Å². The second-order valence-electron chi connectivity index (χ2n) is 3.53. The number of nitrogens with zero attached hydrogens (tertiary/aromatic N) is 1. The van der Waals surface area contributed by atoms with Gasteiger partial charge in [0.15, 0.2) is 0 Å². The molecule has 0 aliphatic carbocycles. The van der Waals surface area contributed by atoms with Gasteiger partial charge in [0.05, 0.1) is 10.9 Å². The topological polar surface area (TPSA) is 80.5 Å². The van der Waals surface area contributed by atoms with E-state index in [1.54, 1.807) is 18.2 Å². The maximum absolute atomic E-state index is 11.9. The van der Waals surface area contributed by atoms with Crippen LogP contribution in [0.3, 0.4) is 0 Å². The molecule has 0 heterocycles. The molecule has 2 amide bonds. The number of amides is 2. The van der Waals surface area contributed by atoms with Gasteiger partial charge < -0.3 is 5.73 Å². The lowest BCUT2D eigenvalue weighted by molar-refractivity contribution is 0.257. The van der Waals surface area contributed by atoms with Crippen LogP contribution in [0.5, 0.6) is 0 Å². The minimum absolute atomic E-state index is 0.253. The van der Waals surface area contributed by atoms with Crippen LogP contribution in [0.2, 0.25) is 0 Å². The highest BCUT2D eigenvalue weighted by Gasteiger charge is 2.30. The van der Waals surface area contributed by atoms with Crippen LogP contribution in [-0.2, 0) is 10.0 Å². The van der Waals surface area contributed by atoms with E-state index in [1.807, 2.05) is 0 Å². The van der Waals surface area contributed by atoms with Crippen molar-refractivity contribution in [1.82, 2.24) is 0 Å². The number of primary amides is 1. The third kappa shape index (κ3) is 2.33. The number of carbonyl (C=O) groups is 1. The third-order valence-electron chi connectivity index (χ3n) is 2.04. The number of para-hydroxylation sites is 1. The van der Waals surface area contributed by atoms with Crippen LogP contribution in [0.15, 0.2) is 30.3 Å². The van der Waals surface area contributed by atoms with Gasteiger partial charge in [-0.05, 0) is 26.0 Å². The number of urea groups is 1. The molecule has 6 heteroatoms. The van der Waals surface area contributed by atoms with E-state index in [1.165, 1.54) is 26.0 Å². The number of nitrogens with two attached hydrogens (primary N) is 1. The summed E-state index contributed by atoms with van der Waals surface area (Å²) in [5.74, 6) is 0. The molecule has 2 N–H and O–H groups in total. The van der Waals surface area contributed by atoms with Crippen molar-refractivity contribution in [3.63, 3.8) is 0 Å². The van der Waals surface area contributed by atoms with E-state index >= 15 is 0 Å². The molecule has 0 unspecified atom stereocenters. The Bertz CT molecular complexity index is 468. The number of sulfonamides is 1. The SMILES string of the molecule is CC(C)S(=O)(=O)N(C(N)=O)c1ccccc1. The first-order valence-electron chi connectivity index (χ1n) is 4.76. The molecule has 0 aromatic heterocycles. The highest BCUT2D eigenvalue weighted by molar-refractivity contribution is 7.94. The van der Waals surface area contributed by atoms with Gasteiger partial charge in [-0.3, -0.25) is 0 Å². The zero-order chi connectivity index (χ0) is 12.3. The van der Waals surface area contributed by atoms with Gasteiger partial charge >= 0.3 is 6.03 Å². The van der Waals surface area contributed by atoms with E-state index in [9.17, 15) is 13.2 Å². The summed E-state index contributed by atoms with van der Waals surface area (Å²) in [5, 5.41) is -0.708. The molecule has 16 heavy (non-hydrogen) atoms. The first-order valence-corrected chi connectivity index (χ1v) is 6.26. The summed E-state index contributed by atoms with van der Waals surface area (Å²) in [6.07, 6.45) is 0. The summed E-state index contributed by atoms with van der Waals surface area (Å²) in [7, 11) is -3.73. The van der Waals surface area contributed by atoms with E-state index in [4.69, 9.17) is 5.73 Å². The fourth-order valence-electron chi connectivity index (χ4n) is 1.17. The Morgan fingerprint density at radius 3 is 2.12 bits per heavy atom. The van der Waals surface area contributed by atoms with Crippen LogP contribution >= 0.6 is 0 Å². The van der Waals surface area contributed by atoms with Crippen molar-refractivity contribution < 1.29 is 13.2 Å². The predicted octanol–water partition coefficient (Wildman–Crippen LogP) is 1.31. The number of anilines is 1. The monoisotopic (exact) mass is 242 g/mol. The third-order valence-corrected chi connectivity index (χ3v) is 4.13. The van der Waals surface area contributed by atoms with Crippen LogP contribution in [0.25, 0.3) is 0 Å². The van der Waals surface area contributed by atoms with Gasteiger partial charge in [-0.25, -0.2) is 13.2 Å². The van der Waals surface area contributed by atoms with Crippen LogP contribution in [0.1, 0.15) is 13.8 Å². The molecule has 1 rings (SSSR count). The molecule has 0 saturated carbocycles. The molecule has 88 valence electrons. The van der Waals surface area contributed by atoms with Crippen molar-refractivity contribution in [2.75, 3.05) is 4.31 Å². The van der Waals surface area contributed by atoms with E-state index in [-0.39, 0.29) is 5.69 Å². The molecule has 0 aliphatic rings. The molecule has 0 saturated heterocycles. The maximum atomic E-state index is 11.9. The largest absolute Gasteiger partial charge is 0.350 e. The van der Waals surface area contributed by atoms with Crippen LogP contribution in [0.4, 0.5) is 10.5 Å². The van der Waals surface area contributed by atoms with Gasteiger partial charge in [-0.2, -0.15) is 4.31 Å². The van der Waals surface area contributed by atoms with Gasteiger partial charge in [-0.15, -0.1) is 0 Å². The fraction of sp³-hybridized carbons (Fsp3) is 0.300. The molecule has 1 aromatic carbocycles. The van der Waals surface area contributed by atoms with Crippen molar-refractivity contribution in [2.45, 2.75) is 19.1 Å². The Labute approximate surface area is 94.9 Å². The van der Waals surface area contributed by atoms with Gasteiger partial charge in [0.1, 0.15) is 0 Å². The zero-order valence-corrected chi connectivity index (χ0v) is 9.94. The van der Waals surface area contributed by atoms with E-state index in [2.05, 4.69) is 0 Å². The summed E-state index contributed by atoms with van der Waals surface area (Å²) in [4.78, 5) is 11.2. The van der Waals surface area contributed by atoms with Crippen molar-refractivity contribution in [3.8, 4) is 0 Å². The molecule has 0 atom stereocenters. The lowest BCUT2D eigenvalue weighted by Crippen LogP contribution is -2.44. The van der Waals surface area contributed by atoms with Crippen molar-refractivity contribution >= 4 is 21.7 Å². The lowest BCUT2D eigenvalue weighted by atomic mass is 10.3. The summed E-state index contributed by atoms with van der Waals surface area (Å²) in [6.45, 7) is 2.99. The molecular formula is C10H14N2O3S. The van der Waals surface area contributed by atoms with Crippen molar-refractivity contribution in [3.05, 3.63) is 30.3 Å². The minimum Gasteiger partial charge on any atom is -0.350 e. The highest BCUT2D eigenvalue weighted by Crippen LogP contribution is 2.19. The summed E-state index contributed by atoms with van der Waals surface area (Å²) in [5.41, 5.74) is 5.35.